The average Bonchev–Trinajstić information content (AvgIpc) is 2.47. The number of nitrogens with two attached hydrogens (primary N) is 1. The molecule has 0 aliphatic carbocycles. The third-order valence-electron chi connectivity index (χ3n) is 1.70. The summed E-state index contributed by atoms with van der Waals surface area (Å²) in [5.74, 6) is -0.821. The van der Waals surface area contributed by atoms with E-state index in [-0.39, 0.29) is 0 Å². The summed E-state index contributed by atoms with van der Waals surface area (Å²) in [4.78, 5) is 28.9. The van der Waals surface area contributed by atoms with E-state index in [9.17, 15) is 9.59 Å². The van der Waals surface area contributed by atoms with E-state index in [0.29, 0.717) is 19.4 Å². The fourth-order valence-electron chi connectivity index (χ4n) is 1.13. The molecule has 0 aromatic rings. The number of nitrogens with zero attached hydrogens (tertiary/aromatic N) is 1. The van der Waals surface area contributed by atoms with Crippen LogP contribution in [0.5, 0.6) is 0 Å². The summed E-state index contributed by atoms with van der Waals surface area (Å²) in [6.45, 7) is 0.399. The highest BCUT2D eigenvalue weighted by Gasteiger charge is 2.32. The molecule has 3 N–H and O–H groups in total. The predicted molar refractivity (Wildman–Crippen MR) is 38.3 cm³/mol. The van der Waals surface area contributed by atoms with E-state index in [1.54, 1.807) is 0 Å². The fraction of sp³-hybridized carbons (Fsp3) is 0.667. The highest BCUT2D eigenvalue weighted by atomic mass is 17.2. The van der Waals surface area contributed by atoms with Gasteiger partial charge in [0.1, 0.15) is 6.04 Å². The third-order valence-corrected chi connectivity index (χ3v) is 1.70. The molecule has 7 nitrogen and oxygen atoms in total. The minimum absolute atomic E-state index is 0.399. The van der Waals surface area contributed by atoms with E-state index in [4.69, 9.17) is 5.21 Å². The second-order valence-electron chi connectivity index (χ2n) is 2.63. The first-order valence-electron chi connectivity index (χ1n) is 3.74. The Labute approximate surface area is 73.9 Å². The van der Waals surface area contributed by atoms with Gasteiger partial charge < -0.3 is 10.9 Å². The molecule has 1 rings (SSSR count). The van der Waals surface area contributed by atoms with Crippen molar-refractivity contribution in [3.8, 4) is 0 Å². The number of carbonyl (C=O) groups is 2. The topological polar surface area (TPSA) is 102 Å². The molecule has 1 fully saturated rings. The van der Waals surface area contributed by atoms with Crippen LogP contribution in [0.15, 0.2) is 0 Å². The normalized spacial score (nSPS) is 22.7. The van der Waals surface area contributed by atoms with Crippen molar-refractivity contribution in [2.24, 2.45) is 5.73 Å². The quantitative estimate of drug-likeness (QED) is 0.422. The zero-order valence-corrected chi connectivity index (χ0v) is 6.80. The highest BCUT2D eigenvalue weighted by Crippen LogP contribution is 2.15. The first-order chi connectivity index (χ1) is 6.11. The van der Waals surface area contributed by atoms with E-state index in [0.717, 1.165) is 5.06 Å². The van der Waals surface area contributed by atoms with Crippen molar-refractivity contribution in [2.45, 2.75) is 18.9 Å². The number of carbonyl (C=O) groups excluding carboxylic acids is 2. The van der Waals surface area contributed by atoms with Gasteiger partial charge in [0.05, 0.1) is 0 Å². The molecule has 1 atom stereocenters. The van der Waals surface area contributed by atoms with E-state index in [1.807, 2.05) is 0 Å². The molecule has 1 heterocycles. The molecule has 74 valence electrons. The summed E-state index contributed by atoms with van der Waals surface area (Å²) in [6, 6.07) is -0.764. The number of hydrogen-bond donors (Lipinski definition) is 2. The van der Waals surface area contributed by atoms with Gasteiger partial charge in [0, 0.05) is 6.54 Å². The molecule has 0 aromatic carbocycles. The SMILES string of the molecule is NC(=O)OOC(=O)C1CCCN1O. The molecule has 1 amide bonds. The molecule has 0 aromatic heterocycles. The number of rotatable bonds is 1. The van der Waals surface area contributed by atoms with Gasteiger partial charge >= 0.3 is 12.1 Å². The first-order valence-corrected chi connectivity index (χ1v) is 3.74. The van der Waals surface area contributed by atoms with Crippen LogP contribution in [-0.2, 0) is 14.6 Å². The Morgan fingerprint density at radius 3 is 2.62 bits per heavy atom. The molecule has 1 unspecified atom stereocenters. The van der Waals surface area contributed by atoms with Gasteiger partial charge in [-0.1, -0.05) is 0 Å². The Balaban J connectivity index is 2.34. The zero-order chi connectivity index (χ0) is 9.84. The largest absolute Gasteiger partial charge is 0.447 e. The van der Waals surface area contributed by atoms with Gasteiger partial charge in [0.15, 0.2) is 0 Å². The van der Waals surface area contributed by atoms with E-state index in [1.165, 1.54) is 0 Å². The lowest BCUT2D eigenvalue weighted by molar-refractivity contribution is -0.243. The van der Waals surface area contributed by atoms with Gasteiger partial charge in [-0.05, 0) is 12.8 Å². The van der Waals surface area contributed by atoms with Gasteiger partial charge in [-0.3, -0.25) is 0 Å². The monoisotopic (exact) mass is 190 g/mol. The van der Waals surface area contributed by atoms with Crippen LogP contribution in [0.25, 0.3) is 0 Å². The van der Waals surface area contributed by atoms with E-state index in [2.05, 4.69) is 15.5 Å². The van der Waals surface area contributed by atoms with Crippen molar-refractivity contribution in [1.82, 2.24) is 5.06 Å². The van der Waals surface area contributed by atoms with Crippen molar-refractivity contribution >= 4 is 12.1 Å². The Bertz CT molecular complexity index is 219. The minimum Gasteiger partial charge on any atom is -0.332 e. The maximum atomic E-state index is 11.0. The van der Waals surface area contributed by atoms with E-state index >= 15 is 0 Å². The molecular formula is C6H10N2O5. The molecule has 0 radical (unpaired) electrons. The predicted octanol–water partition coefficient (Wildman–Crippen LogP) is -0.607. The molecule has 1 aliphatic heterocycles. The summed E-state index contributed by atoms with van der Waals surface area (Å²) in [7, 11) is 0. The van der Waals surface area contributed by atoms with Gasteiger partial charge in [-0.15, -0.1) is 0 Å². The lowest BCUT2D eigenvalue weighted by Crippen LogP contribution is -2.35. The molecular weight excluding hydrogens is 180 g/mol. The van der Waals surface area contributed by atoms with Crippen LogP contribution in [0.3, 0.4) is 0 Å². The second kappa shape index (κ2) is 4.06. The number of hydrogen-bond acceptors (Lipinski definition) is 6. The van der Waals surface area contributed by atoms with Crippen LogP contribution in [0.4, 0.5) is 4.79 Å². The van der Waals surface area contributed by atoms with Crippen molar-refractivity contribution in [3.63, 3.8) is 0 Å². The highest BCUT2D eigenvalue weighted by molar-refractivity contribution is 5.76. The molecule has 7 heteroatoms. The van der Waals surface area contributed by atoms with Crippen molar-refractivity contribution < 1.29 is 24.6 Å². The van der Waals surface area contributed by atoms with Crippen molar-refractivity contribution in [1.29, 1.82) is 0 Å². The van der Waals surface area contributed by atoms with E-state index < -0.39 is 18.1 Å². The summed E-state index contributed by atoms with van der Waals surface area (Å²) in [5.41, 5.74) is 4.56. The third kappa shape index (κ3) is 2.56. The lowest BCUT2D eigenvalue weighted by atomic mass is 10.2. The first kappa shape index (κ1) is 9.75. The standard InChI is InChI=1S/C6H10N2O5/c7-6(10)13-12-5(9)4-2-1-3-8(4)11/h4,11H,1-3H2,(H2,7,10). The van der Waals surface area contributed by atoms with Crippen LogP contribution < -0.4 is 5.73 Å². The summed E-state index contributed by atoms with van der Waals surface area (Å²) in [5, 5.41) is 9.93. The van der Waals surface area contributed by atoms with Crippen LogP contribution in [-0.4, -0.2) is 34.9 Å². The number of amides is 1. The molecule has 1 saturated heterocycles. The summed E-state index contributed by atoms with van der Waals surface area (Å²) >= 11 is 0. The fourth-order valence-corrected chi connectivity index (χ4v) is 1.13. The molecule has 0 saturated carbocycles. The maximum Gasteiger partial charge on any atom is 0.447 e. The van der Waals surface area contributed by atoms with Crippen LogP contribution in [0.1, 0.15) is 12.8 Å². The molecule has 0 bridgehead atoms. The number of primary amides is 1. The van der Waals surface area contributed by atoms with Gasteiger partial charge in [0.25, 0.3) is 0 Å². The Kier molecular flexibility index (Phi) is 3.04. The zero-order valence-electron chi connectivity index (χ0n) is 6.80. The van der Waals surface area contributed by atoms with Crippen LogP contribution in [0, 0.1) is 0 Å². The lowest BCUT2D eigenvalue weighted by Gasteiger charge is -2.13. The minimum atomic E-state index is -1.20. The van der Waals surface area contributed by atoms with Gasteiger partial charge in [-0.25, -0.2) is 19.4 Å². The Hall–Kier alpha value is -1.34. The summed E-state index contributed by atoms with van der Waals surface area (Å²) < 4.78 is 0. The summed E-state index contributed by atoms with van der Waals surface area (Å²) in [6.07, 6.45) is -0.0413. The van der Waals surface area contributed by atoms with Crippen LogP contribution in [0.2, 0.25) is 0 Å². The van der Waals surface area contributed by atoms with Crippen LogP contribution >= 0.6 is 0 Å². The Morgan fingerprint density at radius 2 is 2.15 bits per heavy atom. The Morgan fingerprint density at radius 1 is 1.46 bits per heavy atom. The maximum absolute atomic E-state index is 11.0. The molecule has 1 aliphatic rings. The number of hydroxylamine groups is 2. The van der Waals surface area contributed by atoms with Gasteiger partial charge in [-0.2, -0.15) is 5.06 Å². The van der Waals surface area contributed by atoms with Crippen molar-refractivity contribution in [3.05, 3.63) is 0 Å². The van der Waals surface area contributed by atoms with Gasteiger partial charge in [0.2, 0.25) is 0 Å². The second-order valence-corrected chi connectivity index (χ2v) is 2.63. The average molecular weight is 190 g/mol. The smallest absolute Gasteiger partial charge is 0.332 e. The van der Waals surface area contributed by atoms with Crippen molar-refractivity contribution in [2.75, 3.05) is 6.54 Å². The molecule has 13 heavy (non-hydrogen) atoms. The molecule has 0 spiro atoms.